The average Bonchev–Trinajstić information content (AvgIpc) is 2.45. The molecule has 0 atom stereocenters. The zero-order valence-corrected chi connectivity index (χ0v) is 12.8. The van der Waals surface area contributed by atoms with Crippen molar-refractivity contribution < 1.29 is 9.53 Å². The summed E-state index contributed by atoms with van der Waals surface area (Å²) in [5.74, 6) is 0.683. The number of carbonyl (C=O) groups excluding carboxylic acids is 1. The molecule has 0 radical (unpaired) electrons. The molecule has 0 spiro atoms. The van der Waals surface area contributed by atoms with Gasteiger partial charge in [-0.1, -0.05) is 48.0 Å². The van der Waals surface area contributed by atoms with Crippen LogP contribution in [0.4, 0.5) is 0 Å². The summed E-state index contributed by atoms with van der Waals surface area (Å²) in [6.07, 6.45) is 0. The first-order chi connectivity index (χ1) is 10.1. The third kappa shape index (κ3) is 4.35. The summed E-state index contributed by atoms with van der Waals surface area (Å²) in [6.45, 7) is 6.56. The van der Waals surface area contributed by atoms with Crippen molar-refractivity contribution in [3.05, 3.63) is 64.7 Å². The molecule has 0 bridgehead atoms. The minimum atomic E-state index is -0.112. The number of aryl methyl sites for hydroxylation is 3. The first kappa shape index (κ1) is 15.1. The van der Waals surface area contributed by atoms with Crippen molar-refractivity contribution in [1.82, 2.24) is 5.32 Å². The zero-order chi connectivity index (χ0) is 15.2. The lowest BCUT2D eigenvalue weighted by Gasteiger charge is -2.12. The predicted octanol–water partition coefficient (Wildman–Crippen LogP) is 3.31. The average molecular weight is 283 g/mol. The molecule has 0 aliphatic carbocycles. The van der Waals surface area contributed by atoms with Gasteiger partial charge in [-0.25, -0.2) is 0 Å². The first-order valence-corrected chi connectivity index (χ1v) is 7.07. The molecule has 2 rings (SSSR count). The fourth-order valence-electron chi connectivity index (χ4n) is 2.24. The maximum atomic E-state index is 11.9. The number of hydrogen-bond donors (Lipinski definition) is 1. The van der Waals surface area contributed by atoms with Crippen LogP contribution >= 0.6 is 0 Å². The lowest BCUT2D eigenvalue weighted by molar-refractivity contribution is -0.123. The fraction of sp³-hybridized carbons (Fsp3) is 0.278. The van der Waals surface area contributed by atoms with Gasteiger partial charge in [0.15, 0.2) is 6.61 Å². The van der Waals surface area contributed by atoms with Crippen LogP contribution in [0.5, 0.6) is 5.75 Å². The molecule has 0 fully saturated rings. The van der Waals surface area contributed by atoms with Gasteiger partial charge in [0.1, 0.15) is 5.75 Å². The van der Waals surface area contributed by atoms with Gasteiger partial charge in [-0.15, -0.1) is 0 Å². The van der Waals surface area contributed by atoms with E-state index in [1.807, 2.05) is 57.2 Å². The Bertz CT molecular complexity index is 615. The highest BCUT2D eigenvalue weighted by molar-refractivity contribution is 5.77. The number of amides is 1. The Morgan fingerprint density at radius 1 is 1.05 bits per heavy atom. The van der Waals surface area contributed by atoms with Crippen LogP contribution in [0.3, 0.4) is 0 Å². The van der Waals surface area contributed by atoms with Gasteiger partial charge in [-0.2, -0.15) is 0 Å². The Balaban J connectivity index is 1.85. The van der Waals surface area contributed by atoms with Crippen LogP contribution in [0, 0.1) is 20.8 Å². The summed E-state index contributed by atoms with van der Waals surface area (Å²) >= 11 is 0. The number of ether oxygens (including phenoxy) is 1. The van der Waals surface area contributed by atoms with Gasteiger partial charge in [0.2, 0.25) is 0 Å². The Hall–Kier alpha value is -2.29. The van der Waals surface area contributed by atoms with Gasteiger partial charge in [-0.05, 0) is 37.5 Å². The third-order valence-corrected chi connectivity index (χ3v) is 3.33. The fourth-order valence-corrected chi connectivity index (χ4v) is 2.24. The number of carbonyl (C=O) groups is 1. The molecule has 0 saturated carbocycles. The van der Waals surface area contributed by atoms with Crippen LogP contribution in [-0.4, -0.2) is 12.5 Å². The normalized spacial score (nSPS) is 10.2. The summed E-state index contributed by atoms with van der Waals surface area (Å²) in [4.78, 5) is 11.9. The Labute approximate surface area is 126 Å². The van der Waals surface area contributed by atoms with E-state index < -0.39 is 0 Å². The van der Waals surface area contributed by atoms with Crippen molar-refractivity contribution in [3.8, 4) is 5.75 Å². The second-order valence-corrected chi connectivity index (χ2v) is 5.28. The highest BCUT2D eigenvalue weighted by Crippen LogP contribution is 2.21. The van der Waals surface area contributed by atoms with Crippen LogP contribution in [0.25, 0.3) is 0 Å². The van der Waals surface area contributed by atoms with Crippen molar-refractivity contribution in [1.29, 1.82) is 0 Å². The third-order valence-electron chi connectivity index (χ3n) is 3.33. The minimum absolute atomic E-state index is 0.0392. The number of rotatable bonds is 5. The van der Waals surface area contributed by atoms with Crippen LogP contribution < -0.4 is 10.1 Å². The maximum Gasteiger partial charge on any atom is 0.258 e. The molecule has 2 aromatic rings. The summed E-state index contributed by atoms with van der Waals surface area (Å²) in [7, 11) is 0. The van der Waals surface area contributed by atoms with E-state index in [2.05, 4.69) is 11.4 Å². The molecule has 2 aromatic carbocycles. The van der Waals surface area contributed by atoms with E-state index in [0.717, 1.165) is 22.4 Å². The summed E-state index contributed by atoms with van der Waals surface area (Å²) < 4.78 is 5.63. The minimum Gasteiger partial charge on any atom is -0.483 e. The van der Waals surface area contributed by atoms with E-state index in [-0.39, 0.29) is 12.5 Å². The van der Waals surface area contributed by atoms with Crippen LogP contribution in [0.15, 0.2) is 42.5 Å². The molecule has 1 amide bonds. The number of nitrogens with one attached hydrogen (secondary N) is 1. The molecule has 0 aliphatic rings. The predicted molar refractivity (Wildman–Crippen MR) is 84.4 cm³/mol. The number of benzene rings is 2. The largest absolute Gasteiger partial charge is 0.483 e. The highest BCUT2D eigenvalue weighted by atomic mass is 16.5. The van der Waals surface area contributed by atoms with E-state index in [4.69, 9.17) is 4.74 Å². The van der Waals surface area contributed by atoms with Crippen LogP contribution in [-0.2, 0) is 11.3 Å². The maximum absolute atomic E-state index is 11.9. The number of para-hydroxylation sites is 1. The first-order valence-electron chi connectivity index (χ1n) is 7.07. The van der Waals surface area contributed by atoms with Crippen LogP contribution in [0.2, 0.25) is 0 Å². The SMILES string of the molecule is Cc1cccc(CNC(=O)COc2c(C)cccc2C)c1. The molecule has 3 nitrogen and oxygen atoms in total. The second-order valence-electron chi connectivity index (χ2n) is 5.28. The van der Waals surface area contributed by atoms with E-state index in [1.54, 1.807) is 0 Å². The molecular formula is C18H21NO2. The lowest BCUT2D eigenvalue weighted by atomic mass is 10.1. The Kier molecular flexibility index (Phi) is 4.99. The monoisotopic (exact) mass is 283 g/mol. The van der Waals surface area contributed by atoms with E-state index in [9.17, 15) is 4.79 Å². The van der Waals surface area contributed by atoms with E-state index in [0.29, 0.717) is 6.54 Å². The van der Waals surface area contributed by atoms with Crippen molar-refractivity contribution in [2.75, 3.05) is 6.61 Å². The Morgan fingerprint density at radius 2 is 1.71 bits per heavy atom. The summed E-state index contributed by atoms with van der Waals surface area (Å²) in [6, 6.07) is 14.0. The molecule has 0 aromatic heterocycles. The molecular weight excluding hydrogens is 262 g/mol. The molecule has 0 heterocycles. The van der Waals surface area contributed by atoms with Gasteiger partial charge < -0.3 is 10.1 Å². The highest BCUT2D eigenvalue weighted by Gasteiger charge is 2.07. The second kappa shape index (κ2) is 6.93. The van der Waals surface area contributed by atoms with Gasteiger partial charge >= 0.3 is 0 Å². The summed E-state index contributed by atoms with van der Waals surface area (Å²) in [5, 5.41) is 2.87. The molecule has 1 N–H and O–H groups in total. The molecule has 3 heteroatoms. The van der Waals surface area contributed by atoms with E-state index >= 15 is 0 Å². The Morgan fingerprint density at radius 3 is 2.38 bits per heavy atom. The van der Waals surface area contributed by atoms with E-state index in [1.165, 1.54) is 5.56 Å². The molecule has 21 heavy (non-hydrogen) atoms. The van der Waals surface area contributed by atoms with Crippen molar-refractivity contribution in [2.45, 2.75) is 27.3 Å². The van der Waals surface area contributed by atoms with Gasteiger partial charge in [-0.3, -0.25) is 4.79 Å². The number of hydrogen-bond acceptors (Lipinski definition) is 2. The van der Waals surface area contributed by atoms with Crippen molar-refractivity contribution in [2.24, 2.45) is 0 Å². The van der Waals surface area contributed by atoms with Crippen molar-refractivity contribution in [3.63, 3.8) is 0 Å². The summed E-state index contributed by atoms with van der Waals surface area (Å²) in [5.41, 5.74) is 4.37. The zero-order valence-electron chi connectivity index (χ0n) is 12.8. The molecule has 110 valence electrons. The van der Waals surface area contributed by atoms with Gasteiger partial charge in [0, 0.05) is 6.54 Å². The van der Waals surface area contributed by atoms with Crippen LogP contribution in [0.1, 0.15) is 22.3 Å². The smallest absolute Gasteiger partial charge is 0.258 e. The molecule has 0 saturated heterocycles. The van der Waals surface area contributed by atoms with Gasteiger partial charge in [0.05, 0.1) is 0 Å². The quantitative estimate of drug-likeness (QED) is 0.914. The molecule has 0 aliphatic heterocycles. The molecule has 0 unspecified atom stereocenters. The van der Waals surface area contributed by atoms with Crippen molar-refractivity contribution >= 4 is 5.91 Å². The lowest BCUT2D eigenvalue weighted by Crippen LogP contribution is -2.28. The standard InChI is InChI=1S/C18H21NO2/c1-13-6-4-9-16(10-13)11-19-17(20)12-21-18-14(2)7-5-8-15(18)3/h4-10H,11-12H2,1-3H3,(H,19,20). The topological polar surface area (TPSA) is 38.3 Å². The van der Waals surface area contributed by atoms with Gasteiger partial charge in [0.25, 0.3) is 5.91 Å².